The Bertz CT molecular complexity index is 232. The molecule has 1 saturated carbocycles. The summed E-state index contributed by atoms with van der Waals surface area (Å²) in [4.78, 5) is 0. The van der Waals surface area contributed by atoms with Crippen LogP contribution in [0.15, 0.2) is 0 Å². The Hall–Kier alpha value is 0.177. The molecule has 0 unspecified atom stereocenters. The minimum Gasteiger partial charge on any atom is -0.414 e. The molecule has 0 radical (unpaired) electrons. The van der Waals surface area contributed by atoms with Crippen LogP contribution in [0.2, 0.25) is 18.1 Å². The van der Waals surface area contributed by atoms with E-state index in [4.69, 9.17) is 4.43 Å². The summed E-state index contributed by atoms with van der Waals surface area (Å²) in [5.74, 6) is 1.79. The Kier molecular flexibility index (Phi) is 4.87. The van der Waals surface area contributed by atoms with Crippen molar-refractivity contribution in [2.75, 3.05) is 0 Å². The molecule has 0 aromatic rings. The molecule has 1 rings (SSSR count). The Morgan fingerprint density at radius 3 is 1.82 bits per heavy atom. The van der Waals surface area contributed by atoms with Gasteiger partial charge >= 0.3 is 0 Å². The van der Waals surface area contributed by atoms with Gasteiger partial charge in [-0.15, -0.1) is 0 Å². The van der Waals surface area contributed by atoms with Crippen LogP contribution in [0.4, 0.5) is 0 Å². The summed E-state index contributed by atoms with van der Waals surface area (Å²) in [5.41, 5.74) is 0. The van der Waals surface area contributed by atoms with E-state index in [1.54, 1.807) is 0 Å². The molecule has 0 aromatic heterocycles. The van der Waals surface area contributed by atoms with E-state index < -0.39 is 8.32 Å². The number of hydrogen-bond donors (Lipinski definition) is 0. The van der Waals surface area contributed by atoms with E-state index in [1.807, 2.05) is 0 Å². The molecule has 1 fully saturated rings. The summed E-state index contributed by atoms with van der Waals surface area (Å²) in [5, 5.41) is 0.349. The molecule has 17 heavy (non-hydrogen) atoms. The topological polar surface area (TPSA) is 9.23 Å². The summed E-state index contributed by atoms with van der Waals surface area (Å²) < 4.78 is 6.51. The van der Waals surface area contributed by atoms with Crippen LogP contribution < -0.4 is 0 Å². The molecule has 1 aliphatic rings. The van der Waals surface area contributed by atoms with E-state index in [9.17, 15) is 0 Å². The Labute approximate surface area is 109 Å². The standard InChI is InChI=1S/C15H32OSi/c1-12(2)13-8-10-14(11-9-13)16-17(6,7)15(3,4)5/h12-14H,8-11H2,1-7H3. The second-order valence-corrected chi connectivity index (χ2v) is 12.4. The summed E-state index contributed by atoms with van der Waals surface area (Å²) in [7, 11) is -1.54. The number of hydrogen-bond acceptors (Lipinski definition) is 1. The van der Waals surface area contributed by atoms with Gasteiger partial charge in [-0.25, -0.2) is 0 Å². The fraction of sp³-hybridized carbons (Fsp3) is 1.00. The van der Waals surface area contributed by atoms with Gasteiger partial charge in [-0.1, -0.05) is 34.6 Å². The smallest absolute Gasteiger partial charge is 0.192 e. The van der Waals surface area contributed by atoms with Crippen LogP contribution in [0.3, 0.4) is 0 Å². The molecule has 0 atom stereocenters. The molecule has 1 aliphatic carbocycles. The lowest BCUT2D eigenvalue weighted by Crippen LogP contribution is -2.44. The average Bonchev–Trinajstić information content (AvgIpc) is 2.16. The molecule has 0 N–H and O–H groups in total. The van der Waals surface area contributed by atoms with Crippen LogP contribution in [0.5, 0.6) is 0 Å². The highest BCUT2D eigenvalue weighted by Crippen LogP contribution is 2.40. The van der Waals surface area contributed by atoms with Gasteiger partial charge in [0.25, 0.3) is 0 Å². The van der Waals surface area contributed by atoms with Crippen molar-refractivity contribution < 1.29 is 4.43 Å². The van der Waals surface area contributed by atoms with Crippen molar-refractivity contribution in [1.82, 2.24) is 0 Å². The fourth-order valence-electron chi connectivity index (χ4n) is 2.47. The largest absolute Gasteiger partial charge is 0.414 e. The third-order valence-electron chi connectivity index (χ3n) is 4.93. The first-order chi connectivity index (χ1) is 7.63. The molecule has 0 spiro atoms. The minimum absolute atomic E-state index is 0.349. The first-order valence-corrected chi connectivity index (χ1v) is 10.2. The average molecular weight is 257 g/mol. The van der Waals surface area contributed by atoms with Crippen molar-refractivity contribution >= 4 is 8.32 Å². The van der Waals surface area contributed by atoms with Crippen LogP contribution in [0.1, 0.15) is 60.3 Å². The second kappa shape index (κ2) is 5.44. The van der Waals surface area contributed by atoms with Gasteiger partial charge < -0.3 is 4.43 Å². The predicted molar refractivity (Wildman–Crippen MR) is 78.9 cm³/mol. The molecule has 0 heterocycles. The van der Waals surface area contributed by atoms with Crippen LogP contribution in [0, 0.1) is 11.8 Å². The van der Waals surface area contributed by atoms with Crippen LogP contribution in [-0.2, 0) is 4.43 Å². The number of rotatable bonds is 3. The van der Waals surface area contributed by atoms with Gasteiger partial charge in [0.1, 0.15) is 0 Å². The third kappa shape index (κ3) is 4.10. The Morgan fingerprint density at radius 1 is 1.00 bits per heavy atom. The van der Waals surface area contributed by atoms with E-state index in [0.29, 0.717) is 11.1 Å². The lowest BCUT2D eigenvalue weighted by molar-refractivity contribution is 0.104. The van der Waals surface area contributed by atoms with E-state index >= 15 is 0 Å². The SMILES string of the molecule is CC(C)C1CCC(O[Si](C)(C)C(C)(C)C)CC1. The quantitative estimate of drug-likeness (QED) is 0.629. The van der Waals surface area contributed by atoms with E-state index in [-0.39, 0.29) is 0 Å². The van der Waals surface area contributed by atoms with E-state index in [0.717, 1.165) is 11.8 Å². The van der Waals surface area contributed by atoms with Gasteiger partial charge in [-0.2, -0.15) is 0 Å². The monoisotopic (exact) mass is 256 g/mol. The van der Waals surface area contributed by atoms with E-state index in [2.05, 4.69) is 47.7 Å². The van der Waals surface area contributed by atoms with Gasteiger partial charge in [-0.05, 0) is 55.7 Å². The first kappa shape index (κ1) is 15.2. The maximum atomic E-state index is 6.51. The molecule has 0 bridgehead atoms. The molecule has 0 aromatic carbocycles. The van der Waals surface area contributed by atoms with Crippen LogP contribution in [0.25, 0.3) is 0 Å². The Morgan fingerprint density at radius 2 is 1.47 bits per heavy atom. The zero-order chi connectivity index (χ0) is 13.3. The van der Waals surface area contributed by atoms with Gasteiger partial charge in [-0.3, -0.25) is 0 Å². The summed E-state index contributed by atoms with van der Waals surface area (Å²) >= 11 is 0. The van der Waals surface area contributed by atoms with Crippen molar-refractivity contribution in [2.45, 2.75) is 84.5 Å². The van der Waals surface area contributed by atoms with Gasteiger partial charge in [0, 0.05) is 6.10 Å². The van der Waals surface area contributed by atoms with Crippen molar-refractivity contribution in [3.8, 4) is 0 Å². The van der Waals surface area contributed by atoms with Crippen molar-refractivity contribution in [2.24, 2.45) is 11.8 Å². The first-order valence-electron chi connectivity index (χ1n) is 7.31. The second-order valence-electron chi connectivity index (χ2n) is 7.66. The lowest BCUT2D eigenvalue weighted by atomic mass is 9.81. The maximum Gasteiger partial charge on any atom is 0.192 e. The molecule has 0 amide bonds. The molecular formula is C15H32OSi. The normalized spacial score (nSPS) is 27.5. The van der Waals surface area contributed by atoms with Crippen molar-refractivity contribution in [3.05, 3.63) is 0 Å². The third-order valence-corrected chi connectivity index (χ3v) is 9.46. The zero-order valence-corrected chi connectivity index (χ0v) is 14.0. The molecule has 1 nitrogen and oxygen atoms in total. The van der Waals surface area contributed by atoms with Crippen LogP contribution >= 0.6 is 0 Å². The maximum absolute atomic E-state index is 6.51. The predicted octanol–water partition coefficient (Wildman–Crippen LogP) is 5.22. The molecule has 2 heteroatoms. The highest BCUT2D eigenvalue weighted by atomic mass is 28.4. The van der Waals surface area contributed by atoms with E-state index in [1.165, 1.54) is 25.7 Å². The van der Waals surface area contributed by atoms with Crippen molar-refractivity contribution in [3.63, 3.8) is 0 Å². The van der Waals surface area contributed by atoms with Gasteiger partial charge in [0.05, 0.1) is 0 Å². The molecular weight excluding hydrogens is 224 g/mol. The zero-order valence-electron chi connectivity index (χ0n) is 13.0. The van der Waals surface area contributed by atoms with Gasteiger partial charge in [0.2, 0.25) is 0 Å². The Balaban J connectivity index is 2.46. The highest BCUT2D eigenvalue weighted by Gasteiger charge is 2.39. The lowest BCUT2D eigenvalue weighted by Gasteiger charge is -2.41. The molecule has 0 aliphatic heterocycles. The van der Waals surface area contributed by atoms with Crippen molar-refractivity contribution in [1.29, 1.82) is 0 Å². The molecule has 0 saturated heterocycles. The summed E-state index contributed by atoms with van der Waals surface area (Å²) in [6.45, 7) is 16.5. The summed E-state index contributed by atoms with van der Waals surface area (Å²) in [6, 6.07) is 0. The van der Waals surface area contributed by atoms with Crippen LogP contribution in [-0.4, -0.2) is 14.4 Å². The van der Waals surface area contributed by atoms with Gasteiger partial charge in [0.15, 0.2) is 8.32 Å². The fourth-order valence-corrected chi connectivity index (χ4v) is 3.89. The minimum atomic E-state index is -1.54. The highest BCUT2D eigenvalue weighted by molar-refractivity contribution is 6.74. The summed E-state index contributed by atoms with van der Waals surface area (Å²) in [6.07, 6.45) is 5.87. The molecule has 102 valence electrons.